The van der Waals surface area contributed by atoms with Crippen molar-refractivity contribution >= 4 is 38.6 Å². The Hall–Kier alpha value is -2.41. The highest BCUT2D eigenvalue weighted by molar-refractivity contribution is 7.22. The number of hydrogen-bond acceptors (Lipinski definition) is 5. The maximum atomic E-state index is 12.6. The lowest BCUT2D eigenvalue weighted by Crippen LogP contribution is -2.35. The third-order valence-corrected chi connectivity index (χ3v) is 5.16. The summed E-state index contributed by atoms with van der Waals surface area (Å²) in [6.07, 6.45) is 2.74. The standard InChI is InChI=1S/C17H18N2O4S/c1-9-3-5-11(16(21)22)12(7-9)15(20)19-17-18-13-6-4-10(23-2)8-14(13)24-17/h3-4,6,8,11-12H,5,7H2,1-2H3,(H,21,22)(H,18,19,20)/t11-,12+/m0/s1. The monoisotopic (exact) mass is 346 g/mol. The van der Waals surface area contributed by atoms with Gasteiger partial charge < -0.3 is 15.2 Å². The second-order valence-electron chi connectivity index (χ2n) is 5.88. The zero-order chi connectivity index (χ0) is 17.3. The molecule has 2 aromatic rings. The highest BCUT2D eigenvalue weighted by atomic mass is 32.1. The molecule has 1 amide bonds. The number of benzene rings is 1. The highest BCUT2D eigenvalue weighted by Gasteiger charge is 2.35. The number of anilines is 1. The minimum atomic E-state index is -0.937. The summed E-state index contributed by atoms with van der Waals surface area (Å²) in [6, 6.07) is 5.49. The van der Waals surface area contributed by atoms with Gasteiger partial charge in [-0.2, -0.15) is 0 Å². The molecular formula is C17H18N2O4S. The first kappa shape index (κ1) is 16.4. The van der Waals surface area contributed by atoms with Gasteiger partial charge in [-0.1, -0.05) is 23.0 Å². The third kappa shape index (κ3) is 3.26. The molecule has 1 aliphatic carbocycles. The summed E-state index contributed by atoms with van der Waals surface area (Å²) in [5.41, 5.74) is 1.81. The Kier molecular flexibility index (Phi) is 4.53. The molecule has 0 aliphatic heterocycles. The first-order chi connectivity index (χ1) is 11.5. The van der Waals surface area contributed by atoms with Gasteiger partial charge in [0.25, 0.3) is 0 Å². The molecule has 6 nitrogen and oxygen atoms in total. The van der Waals surface area contributed by atoms with Crippen molar-refractivity contribution in [1.82, 2.24) is 4.98 Å². The van der Waals surface area contributed by atoms with Gasteiger partial charge >= 0.3 is 5.97 Å². The van der Waals surface area contributed by atoms with Crippen LogP contribution in [0.25, 0.3) is 10.2 Å². The molecular weight excluding hydrogens is 328 g/mol. The molecule has 0 bridgehead atoms. The number of carboxylic acid groups (broad SMARTS) is 1. The Bertz CT molecular complexity index is 827. The van der Waals surface area contributed by atoms with Crippen LogP contribution in [0.4, 0.5) is 5.13 Å². The molecule has 0 fully saturated rings. The lowest BCUT2D eigenvalue weighted by molar-refractivity contribution is -0.146. The molecule has 2 N–H and O–H groups in total. The number of aromatic nitrogens is 1. The average Bonchev–Trinajstić information content (AvgIpc) is 2.95. The number of carbonyl (C=O) groups excluding carboxylic acids is 1. The van der Waals surface area contributed by atoms with Crippen LogP contribution in [0.3, 0.4) is 0 Å². The van der Waals surface area contributed by atoms with Crippen molar-refractivity contribution in [2.24, 2.45) is 11.8 Å². The van der Waals surface area contributed by atoms with Crippen LogP contribution in [-0.2, 0) is 9.59 Å². The molecule has 0 spiro atoms. The van der Waals surface area contributed by atoms with Crippen LogP contribution in [-0.4, -0.2) is 29.1 Å². The van der Waals surface area contributed by atoms with E-state index in [1.165, 1.54) is 11.3 Å². The molecule has 0 saturated carbocycles. The molecule has 0 radical (unpaired) electrons. The lowest BCUT2D eigenvalue weighted by atomic mass is 9.79. The maximum Gasteiger partial charge on any atom is 0.307 e. The van der Waals surface area contributed by atoms with Crippen molar-refractivity contribution in [3.8, 4) is 5.75 Å². The number of aliphatic carboxylic acids is 1. The van der Waals surface area contributed by atoms with Crippen LogP contribution >= 0.6 is 11.3 Å². The molecule has 1 aromatic heterocycles. The molecule has 3 rings (SSSR count). The number of carbonyl (C=O) groups is 2. The summed E-state index contributed by atoms with van der Waals surface area (Å²) in [7, 11) is 1.59. The zero-order valence-electron chi connectivity index (χ0n) is 13.4. The number of thiazole rings is 1. The average molecular weight is 346 g/mol. The third-order valence-electron chi connectivity index (χ3n) is 4.23. The molecule has 1 aromatic carbocycles. The first-order valence-electron chi connectivity index (χ1n) is 7.62. The van der Waals surface area contributed by atoms with Crippen molar-refractivity contribution in [2.45, 2.75) is 19.8 Å². The molecule has 1 aliphatic rings. The van der Waals surface area contributed by atoms with Gasteiger partial charge in [0.1, 0.15) is 5.75 Å². The summed E-state index contributed by atoms with van der Waals surface area (Å²) in [6.45, 7) is 1.92. The Morgan fingerprint density at radius 3 is 2.88 bits per heavy atom. The normalized spacial score (nSPS) is 20.5. The van der Waals surface area contributed by atoms with Gasteiger partial charge in [-0.3, -0.25) is 9.59 Å². The molecule has 24 heavy (non-hydrogen) atoms. The molecule has 0 unspecified atom stereocenters. The molecule has 0 saturated heterocycles. The highest BCUT2D eigenvalue weighted by Crippen LogP contribution is 2.33. The number of rotatable bonds is 4. The van der Waals surface area contributed by atoms with Crippen LogP contribution in [0.2, 0.25) is 0 Å². The number of nitrogens with one attached hydrogen (secondary N) is 1. The summed E-state index contributed by atoms with van der Waals surface area (Å²) in [5.74, 6) is -1.77. The summed E-state index contributed by atoms with van der Waals surface area (Å²) in [4.78, 5) is 28.4. The number of carboxylic acids is 1. The van der Waals surface area contributed by atoms with Gasteiger partial charge in [-0.25, -0.2) is 4.98 Å². The van der Waals surface area contributed by atoms with Crippen LogP contribution in [0, 0.1) is 11.8 Å². The van der Waals surface area contributed by atoms with Crippen LogP contribution < -0.4 is 10.1 Å². The van der Waals surface area contributed by atoms with Gasteiger partial charge in [0.2, 0.25) is 5.91 Å². The second-order valence-corrected chi connectivity index (χ2v) is 6.91. The fourth-order valence-corrected chi connectivity index (χ4v) is 3.79. The number of nitrogens with zero attached hydrogens (tertiary/aromatic N) is 1. The van der Waals surface area contributed by atoms with E-state index in [2.05, 4.69) is 10.3 Å². The molecule has 1 heterocycles. The van der Waals surface area contributed by atoms with E-state index in [1.54, 1.807) is 7.11 Å². The van der Waals surface area contributed by atoms with Crippen LogP contribution in [0.5, 0.6) is 5.75 Å². The predicted molar refractivity (Wildman–Crippen MR) is 92.4 cm³/mol. The van der Waals surface area contributed by atoms with E-state index in [0.29, 0.717) is 18.0 Å². The summed E-state index contributed by atoms with van der Waals surface area (Å²) >= 11 is 1.34. The predicted octanol–water partition coefficient (Wildman–Crippen LogP) is 3.30. The number of ether oxygens (including phenoxy) is 1. The van der Waals surface area contributed by atoms with Crippen molar-refractivity contribution < 1.29 is 19.4 Å². The Morgan fingerprint density at radius 2 is 2.17 bits per heavy atom. The van der Waals surface area contributed by atoms with E-state index in [4.69, 9.17) is 4.74 Å². The SMILES string of the molecule is COc1ccc2nc(NC(=O)[C@@H]3CC(C)=CC[C@@H]3C(=O)O)sc2c1. The minimum Gasteiger partial charge on any atom is -0.497 e. The Labute approximate surface area is 143 Å². The van der Waals surface area contributed by atoms with E-state index in [1.807, 2.05) is 31.2 Å². The van der Waals surface area contributed by atoms with Crippen LogP contribution in [0.15, 0.2) is 29.8 Å². The van der Waals surface area contributed by atoms with Crippen molar-refractivity contribution in [2.75, 3.05) is 12.4 Å². The van der Waals surface area contributed by atoms with Crippen molar-refractivity contribution in [3.05, 3.63) is 29.8 Å². The van der Waals surface area contributed by atoms with Gasteiger partial charge in [0.05, 0.1) is 29.2 Å². The van der Waals surface area contributed by atoms with Gasteiger partial charge in [-0.05, 0) is 38.0 Å². The van der Waals surface area contributed by atoms with E-state index >= 15 is 0 Å². The quantitative estimate of drug-likeness (QED) is 0.829. The number of methoxy groups -OCH3 is 1. The fourth-order valence-electron chi connectivity index (χ4n) is 2.90. The van der Waals surface area contributed by atoms with E-state index < -0.39 is 17.8 Å². The number of allylic oxidation sites excluding steroid dienone is 2. The Morgan fingerprint density at radius 1 is 1.38 bits per heavy atom. The number of fused-ring (bicyclic) bond motifs is 1. The topological polar surface area (TPSA) is 88.5 Å². The van der Waals surface area contributed by atoms with E-state index in [-0.39, 0.29) is 5.91 Å². The molecule has 2 atom stereocenters. The largest absolute Gasteiger partial charge is 0.497 e. The van der Waals surface area contributed by atoms with Crippen molar-refractivity contribution in [3.63, 3.8) is 0 Å². The molecule has 7 heteroatoms. The summed E-state index contributed by atoms with van der Waals surface area (Å²) in [5, 5.41) is 12.6. The van der Waals surface area contributed by atoms with E-state index in [9.17, 15) is 14.7 Å². The Balaban J connectivity index is 1.80. The van der Waals surface area contributed by atoms with Crippen LogP contribution in [0.1, 0.15) is 19.8 Å². The zero-order valence-corrected chi connectivity index (χ0v) is 14.2. The lowest BCUT2D eigenvalue weighted by Gasteiger charge is -2.26. The fraction of sp³-hybridized carbons (Fsp3) is 0.353. The molecule has 126 valence electrons. The summed E-state index contributed by atoms with van der Waals surface area (Å²) < 4.78 is 6.08. The smallest absolute Gasteiger partial charge is 0.307 e. The maximum absolute atomic E-state index is 12.6. The van der Waals surface area contributed by atoms with Gasteiger partial charge in [-0.15, -0.1) is 0 Å². The van der Waals surface area contributed by atoms with Gasteiger partial charge in [0.15, 0.2) is 5.13 Å². The van der Waals surface area contributed by atoms with Crippen molar-refractivity contribution in [1.29, 1.82) is 0 Å². The van der Waals surface area contributed by atoms with Gasteiger partial charge in [0, 0.05) is 0 Å². The first-order valence-corrected chi connectivity index (χ1v) is 8.43. The second kappa shape index (κ2) is 6.60. The number of hydrogen-bond donors (Lipinski definition) is 2. The van der Waals surface area contributed by atoms with E-state index in [0.717, 1.165) is 21.5 Å². The number of amides is 1. The minimum absolute atomic E-state index is 0.291.